The van der Waals surface area contributed by atoms with Crippen LogP contribution in [0.5, 0.6) is 0 Å². The van der Waals surface area contributed by atoms with Crippen molar-refractivity contribution in [3.63, 3.8) is 0 Å². The summed E-state index contributed by atoms with van der Waals surface area (Å²) in [6.45, 7) is 2.61. The SMILES string of the molecule is CCCCCCCC/C=C/CCCCCO. The second-order valence-corrected chi connectivity index (χ2v) is 4.60. The van der Waals surface area contributed by atoms with E-state index in [0.29, 0.717) is 6.61 Å². The molecule has 0 bridgehead atoms. The quantitative estimate of drug-likeness (QED) is 0.373. The van der Waals surface area contributed by atoms with Crippen LogP contribution in [0.4, 0.5) is 0 Å². The molecule has 0 saturated carbocycles. The van der Waals surface area contributed by atoms with E-state index in [1.165, 1.54) is 57.8 Å². The van der Waals surface area contributed by atoms with Crippen LogP contribution in [-0.4, -0.2) is 11.7 Å². The highest BCUT2D eigenvalue weighted by molar-refractivity contribution is 4.81. The molecule has 0 fully saturated rings. The molecule has 0 aliphatic heterocycles. The van der Waals surface area contributed by atoms with Crippen molar-refractivity contribution >= 4 is 0 Å². The number of allylic oxidation sites excluding steroid dienone is 2. The Kier molecular flexibility index (Phi) is 14.4. The van der Waals surface area contributed by atoms with Crippen LogP contribution in [0.3, 0.4) is 0 Å². The van der Waals surface area contributed by atoms with Gasteiger partial charge in [0, 0.05) is 6.61 Å². The Labute approximate surface area is 102 Å². The van der Waals surface area contributed by atoms with Gasteiger partial charge in [0.15, 0.2) is 0 Å². The second-order valence-electron chi connectivity index (χ2n) is 4.60. The molecule has 1 heteroatoms. The molecule has 1 nitrogen and oxygen atoms in total. The zero-order valence-electron chi connectivity index (χ0n) is 11.1. The highest BCUT2D eigenvalue weighted by atomic mass is 16.2. The number of hydrogen-bond acceptors (Lipinski definition) is 1. The topological polar surface area (TPSA) is 20.2 Å². The number of aliphatic hydroxyl groups excluding tert-OH is 1. The molecule has 0 atom stereocenters. The van der Waals surface area contributed by atoms with E-state index in [1.807, 2.05) is 0 Å². The van der Waals surface area contributed by atoms with E-state index in [9.17, 15) is 0 Å². The zero-order valence-corrected chi connectivity index (χ0v) is 11.1. The van der Waals surface area contributed by atoms with Gasteiger partial charge in [0.05, 0.1) is 0 Å². The second kappa shape index (κ2) is 14.7. The van der Waals surface area contributed by atoms with Crippen LogP contribution in [-0.2, 0) is 0 Å². The Morgan fingerprint density at radius 2 is 1.19 bits per heavy atom. The first-order chi connectivity index (χ1) is 7.91. The van der Waals surface area contributed by atoms with Gasteiger partial charge in [-0.05, 0) is 32.1 Å². The largest absolute Gasteiger partial charge is 0.396 e. The lowest BCUT2D eigenvalue weighted by Crippen LogP contribution is -1.81. The van der Waals surface area contributed by atoms with Gasteiger partial charge in [0.2, 0.25) is 0 Å². The third-order valence-electron chi connectivity index (χ3n) is 2.92. The fraction of sp³-hybridized carbons (Fsp3) is 0.867. The van der Waals surface area contributed by atoms with Crippen LogP contribution >= 0.6 is 0 Å². The number of rotatable bonds is 12. The summed E-state index contributed by atoms with van der Waals surface area (Å²) in [6, 6.07) is 0. The van der Waals surface area contributed by atoms with E-state index >= 15 is 0 Å². The molecule has 0 aromatic heterocycles. The van der Waals surface area contributed by atoms with Gasteiger partial charge in [-0.1, -0.05) is 57.6 Å². The molecule has 0 aliphatic carbocycles. The van der Waals surface area contributed by atoms with Gasteiger partial charge in [0.1, 0.15) is 0 Å². The minimum absolute atomic E-state index is 0.349. The van der Waals surface area contributed by atoms with Crippen molar-refractivity contribution in [2.45, 2.75) is 77.6 Å². The first kappa shape index (κ1) is 15.7. The van der Waals surface area contributed by atoms with Crippen molar-refractivity contribution in [2.24, 2.45) is 0 Å². The molecular weight excluding hydrogens is 196 g/mol. The Morgan fingerprint density at radius 1 is 0.688 bits per heavy atom. The third kappa shape index (κ3) is 13.7. The maximum absolute atomic E-state index is 8.61. The third-order valence-corrected chi connectivity index (χ3v) is 2.92. The lowest BCUT2D eigenvalue weighted by molar-refractivity contribution is 0.283. The maximum Gasteiger partial charge on any atom is 0.0431 e. The van der Waals surface area contributed by atoms with E-state index < -0.39 is 0 Å². The summed E-state index contributed by atoms with van der Waals surface area (Å²) in [5.41, 5.74) is 0. The summed E-state index contributed by atoms with van der Waals surface area (Å²) in [4.78, 5) is 0. The molecule has 0 radical (unpaired) electrons. The minimum atomic E-state index is 0.349. The monoisotopic (exact) mass is 226 g/mol. The van der Waals surface area contributed by atoms with Crippen LogP contribution in [0.2, 0.25) is 0 Å². The molecule has 0 rings (SSSR count). The average molecular weight is 226 g/mol. The van der Waals surface area contributed by atoms with Crippen LogP contribution in [0.25, 0.3) is 0 Å². The highest BCUT2D eigenvalue weighted by Gasteiger charge is 1.88. The zero-order chi connectivity index (χ0) is 11.9. The average Bonchev–Trinajstić information content (AvgIpc) is 2.31. The van der Waals surface area contributed by atoms with Gasteiger partial charge >= 0.3 is 0 Å². The van der Waals surface area contributed by atoms with E-state index in [1.54, 1.807) is 0 Å². The predicted octanol–water partition coefficient (Wildman–Crippen LogP) is 4.85. The van der Waals surface area contributed by atoms with Gasteiger partial charge < -0.3 is 5.11 Å². The van der Waals surface area contributed by atoms with Crippen molar-refractivity contribution in [1.82, 2.24) is 0 Å². The molecule has 1 N–H and O–H groups in total. The van der Waals surface area contributed by atoms with Crippen molar-refractivity contribution in [2.75, 3.05) is 6.61 Å². The number of aliphatic hydroxyl groups is 1. The molecule has 0 spiro atoms. The highest BCUT2D eigenvalue weighted by Crippen LogP contribution is 2.08. The molecule has 0 aromatic rings. The summed E-state index contributed by atoms with van der Waals surface area (Å²) >= 11 is 0. The summed E-state index contributed by atoms with van der Waals surface area (Å²) < 4.78 is 0. The first-order valence-corrected chi connectivity index (χ1v) is 7.17. The van der Waals surface area contributed by atoms with Crippen LogP contribution in [0, 0.1) is 0 Å². The summed E-state index contributed by atoms with van der Waals surface area (Å²) in [5, 5.41) is 8.61. The Hall–Kier alpha value is -0.300. The van der Waals surface area contributed by atoms with Crippen molar-refractivity contribution < 1.29 is 5.11 Å². The maximum atomic E-state index is 8.61. The minimum Gasteiger partial charge on any atom is -0.396 e. The van der Waals surface area contributed by atoms with Crippen LogP contribution in [0.15, 0.2) is 12.2 Å². The molecule has 0 saturated heterocycles. The molecule has 0 amide bonds. The van der Waals surface area contributed by atoms with E-state index in [0.717, 1.165) is 12.8 Å². The van der Waals surface area contributed by atoms with Gasteiger partial charge in [-0.25, -0.2) is 0 Å². The van der Waals surface area contributed by atoms with Gasteiger partial charge in [-0.15, -0.1) is 0 Å². The Morgan fingerprint density at radius 3 is 1.75 bits per heavy atom. The lowest BCUT2D eigenvalue weighted by atomic mass is 10.1. The number of unbranched alkanes of at least 4 members (excludes halogenated alkanes) is 9. The first-order valence-electron chi connectivity index (χ1n) is 7.17. The van der Waals surface area contributed by atoms with E-state index in [2.05, 4.69) is 19.1 Å². The standard InChI is InChI=1S/C15H30O/c1-2-3-4-5-6-7-8-9-10-11-12-13-14-15-16/h9-10,16H,2-8,11-15H2,1H3/b10-9+. The Balaban J connectivity index is 2.98. The van der Waals surface area contributed by atoms with E-state index in [4.69, 9.17) is 5.11 Å². The van der Waals surface area contributed by atoms with Gasteiger partial charge in [0.25, 0.3) is 0 Å². The summed E-state index contributed by atoms with van der Waals surface area (Å²) in [7, 11) is 0. The molecule has 16 heavy (non-hydrogen) atoms. The van der Waals surface area contributed by atoms with Crippen molar-refractivity contribution in [3.05, 3.63) is 12.2 Å². The molecule has 0 unspecified atom stereocenters. The molecule has 0 heterocycles. The predicted molar refractivity (Wildman–Crippen MR) is 72.7 cm³/mol. The molecular formula is C15H30O. The summed E-state index contributed by atoms with van der Waals surface area (Å²) in [5.74, 6) is 0. The smallest absolute Gasteiger partial charge is 0.0431 e. The summed E-state index contributed by atoms with van der Waals surface area (Å²) in [6.07, 6.45) is 18.8. The fourth-order valence-electron chi connectivity index (χ4n) is 1.83. The fourth-order valence-corrected chi connectivity index (χ4v) is 1.83. The number of hydrogen-bond donors (Lipinski definition) is 1. The molecule has 0 aromatic carbocycles. The molecule has 0 aliphatic rings. The van der Waals surface area contributed by atoms with E-state index in [-0.39, 0.29) is 0 Å². The van der Waals surface area contributed by atoms with Gasteiger partial charge in [-0.2, -0.15) is 0 Å². The van der Waals surface area contributed by atoms with Crippen molar-refractivity contribution in [3.8, 4) is 0 Å². The van der Waals surface area contributed by atoms with Gasteiger partial charge in [-0.3, -0.25) is 0 Å². The Bertz CT molecular complexity index is 140. The van der Waals surface area contributed by atoms with Crippen molar-refractivity contribution in [1.29, 1.82) is 0 Å². The molecule has 96 valence electrons. The lowest BCUT2D eigenvalue weighted by Gasteiger charge is -1.98. The van der Waals surface area contributed by atoms with Crippen LogP contribution < -0.4 is 0 Å². The van der Waals surface area contributed by atoms with Crippen LogP contribution in [0.1, 0.15) is 77.6 Å². The normalized spacial score (nSPS) is 11.4.